The molecule has 0 amide bonds. The highest BCUT2D eigenvalue weighted by Gasteiger charge is 2.14. The molecule has 3 heteroatoms. The van der Waals surface area contributed by atoms with Gasteiger partial charge in [-0.2, -0.15) is 0 Å². The SMILES string of the molecule is CC(C)(C)Cc1cc(CN)no1. The van der Waals surface area contributed by atoms with Crippen molar-refractivity contribution in [3.63, 3.8) is 0 Å². The normalized spacial score (nSPS) is 12.0. The first-order valence-corrected chi connectivity index (χ1v) is 4.16. The lowest BCUT2D eigenvalue weighted by Gasteiger charge is -2.14. The van der Waals surface area contributed by atoms with E-state index in [0.29, 0.717) is 6.54 Å². The van der Waals surface area contributed by atoms with Crippen LogP contribution in [-0.2, 0) is 13.0 Å². The third-order valence-corrected chi connectivity index (χ3v) is 1.52. The molecule has 2 N–H and O–H groups in total. The van der Waals surface area contributed by atoms with Gasteiger partial charge >= 0.3 is 0 Å². The standard InChI is InChI=1S/C9H16N2O/c1-9(2,3)5-8-4-7(6-10)11-12-8/h4H,5-6,10H2,1-3H3. The van der Waals surface area contributed by atoms with Crippen molar-refractivity contribution in [2.45, 2.75) is 33.7 Å². The van der Waals surface area contributed by atoms with Gasteiger partial charge in [0.1, 0.15) is 5.76 Å². The predicted molar refractivity (Wildman–Crippen MR) is 47.6 cm³/mol. The average molecular weight is 168 g/mol. The molecule has 0 saturated heterocycles. The summed E-state index contributed by atoms with van der Waals surface area (Å²) in [6, 6.07) is 1.92. The first-order chi connectivity index (χ1) is 5.51. The molecule has 0 bridgehead atoms. The average Bonchev–Trinajstić information content (AvgIpc) is 2.32. The number of nitrogens with two attached hydrogens (primary N) is 1. The molecular weight excluding hydrogens is 152 g/mol. The fraction of sp³-hybridized carbons (Fsp3) is 0.667. The Morgan fingerprint density at radius 1 is 1.50 bits per heavy atom. The summed E-state index contributed by atoms with van der Waals surface area (Å²) in [4.78, 5) is 0. The first kappa shape index (κ1) is 9.26. The number of nitrogens with zero attached hydrogens (tertiary/aromatic N) is 1. The Morgan fingerprint density at radius 2 is 2.17 bits per heavy atom. The molecular formula is C9H16N2O. The van der Waals surface area contributed by atoms with Crippen LogP contribution in [-0.4, -0.2) is 5.16 Å². The van der Waals surface area contributed by atoms with Crippen LogP contribution in [0.25, 0.3) is 0 Å². The van der Waals surface area contributed by atoms with E-state index in [2.05, 4.69) is 25.9 Å². The number of aromatic nitrogens is 1. The van der Waals surface area contributed by atoms with E-state index in [0.717, 1.165) is 17.9 Å². The Balaban J connectivity index is 2.64. The van der Waals surface area contributed by atoms with Crippen LogP contribution in [0.4, 0.5) is 0 Å². The number of hydrogen-bond acceptors (Lipinski definition) is 3. The summed E-state index contributed by atoms with van der Waals surface area (Å²) in [5, 5.41) is 3.82. The monoisotopic (exact) mass is 168 g/mol. The summed E-state index contributed by atoms with van der Waals surface area (Å²) in [5.74, 6) is 0.919. The van der Waals surface area contributed by atoms with E-state index < -0.39 is 0 Å². The predicted octanol–water partition coefficient (Wildman–Crippen LogP) is 1.72. The van der Waals surface area contributed by atoms with Crippen LogP contribution >= 0.6 is 0 Å². The van der Waals surface area contributed by atoms with Gasteiger partial charge in [0.05, 0.1) is 5.69 Å². The molecule has 0 aliphatic rings. The summed E-state index contributed by atoms with van der Waals surface area (Å²) in [7, 11) is 0. The molecule has 1 heterocycles. The highest BCUT2D eigenvalue weighted by Crippen LogP contribution is 2.20. The van der Waals surface area contributed by atoms with Crippen molar-refractivity contribution in [3.05, 3.63) is 17.5 Å². The van der Waals surface area contributed by atoms with Crippen LogP contribution in [0.15, 0.2) is 10.6 Å². The van der Waals surface area contributed by atoms with E-state index in [1.54, 1.807) is 0 Å². The van der Waals surface area contributed by atoms with E-state index in [1.165, 1.54) is 0 Å². The molecule has 0 radical (unpaired) electrons. The van der Waals surface area contributed by atoms with Crippen molar-refractivity contribution in [2.75, 3.05) is 0 Å². The molecule has 0 spiro atoms. The molecule has 3 nitrogen and oxygen atoms in total. The second kappa shape index (κ2) is 3.27. The van der Waals surface area contributed by atoms with Gasteiger partial charge in [0.2, 0.25) is 0 Å². The molecule has 1 aromatic rings. The minimum Gasteiger partial charge on any atom is -0.361 e. The smallest absolute Gasteiger partial charge is 0.137 e. The largest absolute Gasteiger partial charge is 0.361 e. The quantitative estimate of drug-likeness (QED) is 0.731. The Kier molecular flexibility index (Phi) is 2.52. The topological polar surface area (TPSA) is 52.0 Å². The van der Waals surface area contributed by atoms with Gasteiger partial charge in [-0.15, -0.1) is 0 Å². The highest BCUT2D eigenvalue weighted by molar-refractivity contribution is 5.06. The van der Waals surface area contributed by atoms with E-state index in [9.17, 15) is 0 Å². The van der Waals surface area contributed by atoms with Crippen molar-refractivity contribution in [2.24, 2.45) is 11.1 Å². The maximum Gasteiger partial charge on any atom is 0.137 e. The van der Waals surface area contributed by atoms with Crippen LogP contribution < -0.4 is 5.73 Å². The molecule has 12 heavy (non-hydrogen) atoms. The van der Waals surface area contributed by atoms with Crippen LogP contribution in [0, 0.1) is 5.41 Å². The molecule has 0 saturated carbocycles. The zero-order valence-corrected chi connectivity index (χ0v) is 7.92. The molecule has 0 aliphatic carbocycles. The fourth-order valence-corrected chi connectivity index (χ4v) is 1.06. The second-order valence-corrected chi connectivity index (χ2v) is 4.23. The summed E-state index contributed by atoms with van der Waals surface area (Å²) in [6.07, 6.45) is 0.903. The number of hydrogen-bond donors (Lipinski definition) is 1. The summed E-state index contributed by atoms with van der Waals surface area (Å²) in [5.41, 5.74) is 6.47. The third kappa shape index (κ3) is 2.66. The van der Waals surface area contributed by atoms with Crippen molar-refractivity contribution < 1.29 is 4.52 Å². The maximum atomic E-state index is 5.40. The molecule has 0 aliphatic heterocycles. The molecule has 1 aromatic heterocycles. The van der Waals surface area contributed by atoms with Crippen LogP contribution in [0.2, 0.25) is 0 Å². The molecule has 1 rings (SSSR count). The minimum absolute atomic E-state index is 0.241. The third-order valence-electron chi connectivity index (χ3n) is 1.52. The Labute approximate surface area is 72.9 Å². The number of rotatable bonds is 2. The van der Waals surface area contributed by atoms with Crippen molar-refractivity contribution >= 4 is 0 Å². The van der Waals surface area contributed by atoms with Crippen molar-refractivity contribution in [1.29, 1.82) is 0 Å². The molecule has 0 aromatic carbocycles. The van der Waals surface area contributed by atoms with E-state index in [1.807, 2.05) is 6.07 Å². The maximum absolute atomic E-state index is 5.40. The van der Waals surface area contributed by atoms with Crippen LogP contribution in [0.1, 0.15) is 32.2 Å². The van der Waals surface area contributed by atoms with Gasteiger partial charge in [0.25, 0.3) is 0 Å². The molecule has 0 fully saturated rings. The van der Waals surface area contributed by atoms with Gasteiger partial charge in [-0.3, -0.25) is 0 Å². The van der Waals surface area contributed by atoms with E-state index in [-0.39, 0.29) is 5.41 Å². The Morgan fingerprint density at radius 3 is 2.58 bits per heavy atom. The van der Waals surface area contributed by atoms with Gasteiger partial charge in [0, 0.05) is 19.0 Å². The first-order valence-electron chi connectivity index (χ1n) is 4.16. The molecule has 0 atom stereocenters. The lowest BCUT2D eigenvalue weighted by molar-refractivity contribution is 0.318. The van der Waals surface area contributed by atoms with Gasteiger partial charge in [-0.1, -0.05) is 25.9 Å². The van der Waals surface area contributed by atoms with Gasteiger partial charge in [-0.05, 0) is 5.41 Å². The lowest BCUT2D eigenvalue weighted by atomic mass is 9.91. The lowest BCUT2D eigenvalue weighted by Crippen LogP contribution is -2.08. The zero-order chi connectivity index (χ0) is 9.19. The van der Waals surface area contributed by atoms with Gasteiger partial charge < -0.3 is 10.3 Å². The zero-order valence-electron chi connectivity index (χ0n) is 7.92. The van der Waals surface area contributed by atoms with Gasteiger partial charge in [-0.25, -0.2) is 0 Å². The van der Waals surface area contributed by atoms with Crippen LogP contribution in [0.5, 0.6) is 0 Å². The fourth-order valence-electron chi connectivity index (χ4n) is 1.06. The van der Waals surface area contributed by atoms with Gasteiger partial charge in [0.15, 0.2) is 0 Å². The second-order valence-electron chi connectivity index (χ2n) is 4.23. The summed E-state index contributed by atoms with van der Waals surface area (Å²) >= 11 is 0. The van der Waals surface area contributed by atoms with Crippen molar-refractivity contribution in [1.82, 2.24) is 5.16 Å². The molecule has 0 unspecified atom stereocenters. The Hall–Kier alpha value is -0.830. The summed E-state index contributed by atoms with van der Waals surface area (Å²) < 4.78 is 5.10. The van der Waals surface area contributed by atoms with Crippen molar-refractivity contribution in [3.8, 4) is 0 Å². The minimum atomic E-state index is 0.241. The summed E-state index contributed by atoms with van der Waals surface area (Å²) in [6.45, 7) is 6.94. The van der Waals surface area contributed by atoms with E-state index in [4.69, 9.17) is 10.3 Å². The highest BCUT2D eigenvalue weighted by atomic mass is 16.5. The Bertz CT molecular complexity index is 247. The van der Waals surface area contributed by atoms with E-state index >= 15 is 0 Å². The molecule has 68 valence electrons. The van der Waals surface area contributed by atoms with Crippen LogP contribution in [0.3, 0.4) is 0 Å².